The fourth-order valence-corrected chi connectivity index (χ4v) is 3.66. The molecule has 1 aliphatic heterocycles. The number of ether oxygens (including phenoxy) is 1. The van der Waals surface area contributed by atoms with Crippen molar-refractivity contribution in [2.24, 2.45) is 0 Å². The van der Waals surface area contributed by atoms with E-state index in [0.29, 0.717) is 16.9 Å². The second-order valence-electron chi connectivity index (χ2n) is 7.34. The summed E-state index contributed by atoms with van der Waals surface area (Å²) in [7, 11) is 0. The van der Waals surface area contributed by atoms with Crippen molar-refractivity contribution in [2.45, 2.75) is 26.1 Å². The Morgan fingerprint density at radius 2 is 1.76 bits per heavy atom. The van der Waals surface area contributed by atoms with Crippen LogP contribution in [0.3, 0.4) is 0 Å². The summed E-state index contributed by atoms with van der Waals surface area (Å²) in [5, 5.41) is 8.73. The predicted molar refractivity (Wildman–Crippen MR) is 114 cm³/mol. The van der Waals surface area contributed by atoms with Crippen LogP contribution < -0.4 is 10.6 Å². The summed E-state index contributed by atoms with van der Waals surface area (Å²) in [4.78, 5) is 15.0. The molecule has 2 atom stereocenters. The highest BCUT2D eigenvalue weighted by Crippen LogP contribution is 2.26. The summed E-state index contributed by atoms with van der Waals surface area (Å²) in [6, 6.07) is 11.4. The lowest BCUT2D eigenvalue weighted by Crippen LogP contribution is -2.45. The standard InChI is InChI=1S/C22H24N6O/c1-14-11-28(12-15(2)29-14)21-10-20(26-13-27-21)22(24)18-9-17(3-4-19(18)23)16-5-7-25-8-6-16/h3-10,13-15,24H,11-12,23H2,1-2H3/t14-,15+. The number of rotatable bonds is 4. The summed E-state index contributed by atoms with van der Waals surface area (Å²) in [5.74, 6) is 0.797. The first-order chi connectivity index (χ1) is 14.0. The maximum Gasteiger partial charge on any atom is 0.132 e. The number of benzene rings is 1. The molecule has 148 valence electrons. The quantitative estimate of drug-likeness (QED) is 0.526. The number of nitrogens with zero attached hydrogens (tertiary/aromatic N) is 4. The van der Waals surface area contributed by atoms with Crippen LogP contribution in [0.4, 0.5) is 11.5 Å². The third-order valence-corrected chi connectivity index (χ3v) is 4.99. The number of pyridine rings is 1. The number of anilines is 2. The topological polar surface area (TPSA) is 101 Å². The highest BCUT2D eigenvalue weighted by molar-refractivity contribution is 6.13. The molecule has 0 saturated carbocycles. The van der Waals surface area contributed by atoms with E-state index in [0.717, 1.165) is 30.0 Å². The molecule has 29 heavy (non-hydrogen) atoms. The number of nitrogens with one attached hydrogen (secondary N) is 1. The van der Waals surface area contributed by atoms with Crippen molar-refractivity contribution in [3.63, 3.8) is 0 Å². The highest BCUT2D eigenvalue weighted by atomic mass is 16.5. The Kier molecular flexibility index (Phi) is 5.22. The normalized spacial score (nSPS) is 19.2. The second kappa shape index (κ2) is 7.97. The summed E-state index contributed by atoms with van der Waals surface area (Å²) in [6.07, 6.45) is 5.26. The van der Waals surface area contributed by atoms with Gasteiger partial charge in [-0.2, -0.15) is 0 Å². The number of hydrogen-bond acceptors (Lipinski definition) is 7. The van der Waals surface area contributed by atoms with Gasteiger partial charge < -0.3 is 15.4 Å². The van der Waals surface area contributed by atoms with Gasteiger partial charge in [-0.25, -0.2) is 9.97 Å². The second-order valence-corrected chi connectivity index (χ2v) is 7.34. The molecule has 7 heteroatoms. The van der Waals surface area contributed by atoms with E-state index in [-0.39, 0.29) is 17.9 Å². The Morgan fingerprint density at radius 1 is 1.03 bits per heavy atom. The number of hydrogen-bond donors (Lipinski definition) is 2. The first-order valence-corrected chi connectivity index (χ1v) is 9.63. The van der Waals surface area contributed by atoms with E-state index < -0.39 is 0 Å². The first kappa shape index (κ1) is 19.0. The lowest BCUT2D eigenvalue weighted by molar-refractivity contribution is -0.00546. The fourth-order valence-electron chi connectivity index (χ4n) is 3.66. The molecule has 3 N–H and O–H groups in total. The molecule has 7 nitrogen and oxygen atoms in total. The summed E-state index contributed by atoms with van der Waals surface area (Å²) >= 11 is 0. The maximum absolute atomic E-state index is 8.73. The average Bonchev–Trinajstić information content (AvgIpc) is 2.74. The lowest BCUT2D eigenvalue weighted by Gasteiger charge is -2.36. The molecule has 0 aliphatic carbocycles. The van der Waals surface area contributed by atoms with Gasteiger partial charge in [-0.3, -0.25) is 10.4 Å². The number of aromatic nitrogens is 3. The Hall–Kier alpha value is -3.32. The van der Waals surface area contributed by atoms with Crippen LogP contribution >= 0.6 is 0 Å². The van der Waals surface area contributed by atoms with E-state index in [9.17, 15) is 0 Å². The minimum atomic E-state index is 0.129. The highest BCUT2D eigenvalue weighted by Gasteiger charge is 2.24. The van der Waals surface area contributed by atoms with Crippen molar-refractivity contribution < 1.29 is 4.74 Å². The van der Waals surface area contributed by atoms with Crippen LogP contribution in [0.1, 0.15) is 25.1 Å². The van der Waals surface area contributed by atoms with Crippen LogP contribution in [-0.2, 0) is 4.74 Å². The van der Waals surface area contributed by atoms with Crippen molar-refractivity contribution in [3.05, 3.63) is 66.4 Å². The van der Waals surface area contributed by atoms with Crippen LogP contribution in [-0.4, -0.2) is 46.0 Å². The van der Waals surface area contributed by atoms with E-state index in [1.54, 1.807) is 12.4 Å². The van der Waals surface area contributed by atoms with Gasteiger partial charge >= 0.3 is 0 Å². The van der Waals surface area contributed by atoms with E-state index in [1.165, 1.54) is 6.33 Å². The van der Waals surface area contributed by atoms with Crippen molar-refractivity contribution in [2.75, 3.05) is 23.7 Å². The van der Waals surface area contributed by atoms with Crippen molar-refractivity contribution in [3.8, 4) is 11.1 Å². The molecule has 0 radical (unpaired) electrons. The Bertz CT molecular complexity index is 1010. The third-order valence-electron chi connectivity index (χ3n) is 4.99. The van der Waals surface area contributed by atoms with Crippen LogP contribution in [0.15, 0.2) is 55.1 Å². The first-order valence-electron chi connectivity index (χ1n) is 9.63. The molecule has 3 aromatic rings. The average molecular weight is 388 g/mol. The summed E-state index contributed by atoms with van der Waals surface area (Å²) < 4.78 is 5.81. The maximum atomic E-state index is 8.73. The summed E-state index contributed by atoms with van der Waals surface area (Å²) in [6.45, 7) is 5.62. The summed E-state index contributed by atoms with van der Waals surface area (Å²) in [5.41, 5.74) is 10.2. The largest absolute Gasteiger partial charge is 0.398 e. The number of morpholine rings is 1. The van der Waals surface area contributed by atoms with Gasteiger partial charge in [0, 0.05) is 42.8 Å². The zero-order valence-electron chi connectivity index (χ0n) is 16.5. The van der Waals surface area contributed by atoms with E-state index in [1.807, 2.05) is 36.4 Å². The SMILES string of the molecule is C[C@@H]1CN(c2cc(C(=N)c3cc(-c4ccncc4)ccc3N)ncn2)C[C@H](C)O1. The molecule has 3 heterocycles. The van der Waals surface area contributed by atoms with Gasteiger partial charge in [0.15, 0.2) is 0 Å². The van der Waals surface area contributed by atoms with Crippen LogP contribution in [0.25, 0.3) is 11.1 Å². The predicted octanol–water partition coefficient (Wildman–Crippen LogP) is 3.15. The molecule has 4 rings (SSSR count). The molecule has 0 amide bonds. The van der Waals surface area contributed by atoms with E-state index in [4.69, 9.17) is 15.9 Å². The molecule has 1 aromatic carbocycles. The van der Waals surface area contributed by atoms with Crippen molar-refractivity contribution in [1.29, 1.82) is 5.41 Å². The zero-order chi connectivity index (χ0) is 20.4. The molecule has 0 bridgehead atoms. The van der Waals surface area contributed by atoms with Crippen LogP contribution in [0, 0.1) is 5.41 Å². The van der Waals surface area contributed by atoms with Gasteiger partial charge in [-0.05, 0) is 49.2 Å². The molecular weight excluding hydrogens is 364 g/mol. The van der Waals surface area contributed by atoms with Crippen LogP contribution in [0.2, 0.25) is 0 Å². The van der Waals surface area contributed by atoms with Gasteiger partial charge in [0.25, 0.3) is 0 Å². The van der Waals surface area contributed by atoms with Gasteiger partial charge in [-0.15, -0.1) is 0 Å². The number of nitrogen functional groups attached to an aromatic ring is 1. The Morgan fingerprint density at radius 3 is 2.48 bits per heavy atom. The van der Waals surface area contributed by atoms with Gasteiger partial charge in [0.05, 0.1) is 23.6 Å². The number of nitrogens with two attached hydrogens (primary N) is 1. The minimum absolute atomic E-state index is 0.129. The van der Waals surface area contributed by atoms with Gasteiger partial charge in [0.2, 0.25) is 0 Å². The monoisotopic (exact) mass is 388 g/mol. The zero-order valence-corrected chi connectivity index (χ0v) is 16.5. The van der Waals surface area contributed by atoms with Crippen molar-refractivity contribution in [1.82, 2.24) is 15.0 Å². The molecule has 0 spiro atoms. The van der Waals surface area contributed by atoms with Gasteiger partial charge in [-0.1, -0.05) is 6.07 Å². The van der Waals surface area contributed by atoms with E-state index in [2.05, 4.69) is 33.7 Å². The third kappa shape index (κ3) is 4.09. The molecule has 1 saturated heterocycles. The minimum Gasteiger partial charge on any atom is -0.398 e. The van der Waals surface area contributed by atoms with Gasteiger partial charge in [0.1, 0.15) is 12.1 Å². The molecule has 1 fully saturated rings. The molecule has 2 aromatic heterocycles. The van der Waals surface area contributed by atoms with Crippen LogP contribution in [0.5, 0.6) is 0 Å². The lowest BCUT2D eigenvalue weighted by atomic mass is 9.98. The fraction of sp³-hybridized carbons (Fsp3) is 0.273. The molecule has 1 aliphatic rings. The Balaban J connectivity index is 1.65. The van der Waals surface area contributed by atoms with Crippen molar-refractivity contribution >= 4 is 17.2 Å². The molecular formula is C22H24N6O. The smallest absolute Gasteiger partial charge is 0.132 e. The molecule has 0 unspecified atom stereocenters. The Labute approximate surface area is 170 Å². The van der Waals surface area contributed by atoms with E-state index >= 15 is 0 Å².